The van der Waals surface area contributed by atoms with Crippen LogP contribution in [0.2, 0.25) is 0 Å². The quantitative estimate of drug-likeness (QED) is 0.787. The van der Waals surface area contributed by atoms with E-state index in [1.54, 1.807) is 0 Å². The molecule has 2 rings (SSSR count). The third kappa shape index (κ3) is 2.36. The van der Waals surface area contributed by atoms with Crippen LogP contribution >= 0.6 is 12.4 Å². The molecule has 0 aromatic heterocycles. The Labute approximate surface area is 110 Å². The fraction of sp³-hybridized carbons (Fsp3) is 0.769. The van der Waals surface area contributed by atoms with Gasteiger partial charge in [-0.25, -0.2) is 0 Å². The van der Waals surface area contributed by atoms with Crippen molar-refractivity contribution in [3.63, 3.8) is 0 Å². The number of amides is 1. The predicted octanol–water partition coefficient (Wildman–Crippen LogP) is 2.12. The molecule has 0 saturated carbocycles. The van der Waals surface area contributed by atoms with E-state index in [9.17, 15) is 4.79 Å². The lowest BCUT2D eigenvalue weighted by Crippen LogP contribution is -2.61. The first kappa shape index (κ1) is 14.5. The summed E-state index contributed by atoms with van der Waals surface area (Å²) in [5.74, 6) is 0.307. The number of carbonyl (C=O) groups is 1. The van der Waals surface area contributed by atoms with Gasteiger partial charge in [-0.05, 0) is 32.2 Å². The largest absolute Gasteiger partial charge is 0.332 e. The Morgan fingerprint density at radius 3 is 3.00 bits per heavy atom. The number of rotatable bonds is 3. The third-order valence-corrected chi connectivity index (χ3v) is 4.16. The highest BCUT2D eigenvalue weighted by Crippen LogP contribution is 2.40. The second-order valence-corrected chi connectivity index (χ2v) is 4.92. The molecule has 1 N–H and O–H groups in total. The van der Waals surface area contributed by atoms with Gasteiger partial charge in [0.1, 0.15) is 0 Å². The first-order valence-electron chi connectivity index (χ1n) is 6.39. The molecule has 2 fully saturated rings. The molecule has 2 saturated heterocycles. The minimum absolute atomic E-state index is 0. The molecule has 0 unspecified atom stereocenters. The lowest BCUT2D eigenvalue weighted by Gasteiger charge is -2.47. The second-order valence-electron chi connectivity index (χ2n) is 4.92. The molecule has 1 amide bonds. The molecule has 0 aromatic carbocycles. The average molecular weight is 259 g/mol. The molecule has 3 nitrogen and oxygen atoms in total. The second kappa shape index (κ2) is 5.87. The Kier molecular flexibility index (Phi) is 5.02. The Morgan fingerprint density at radius 2 is 2.35 bits per heavy atom. The molecule has 1 spiro atoms. The smallest absolute Gasteiger partial charge is 0.223 e. The van der Waals surface area contributed by atoms with Gasteiger partial charge in [-0.1, -0.05) is 13.0 Å². The van der Waals surface area contributed by atoms with Crippen molar-refractivity contribution in [3.8, 4) is 0 Å². The minimum atomic E-state index is 0. The van der Waals surface area contributed by atoms with E-state index in [0.717, 1.165) is 25.8 Å². The average Bonchev–Trinajstić information content (AvgIpc) is 2.60. The predicted molar refractivity (Wildman–Crippen MR) is 72.4 cm³/mol. The molecule has 0 aromatic rings. The summed E-state index contributed by atoms with van der Waals surface area (Å²) in [6.07, 6.45) is 7.01. The Bertz CT molecular complexity index is 295. The number of halogens is 1. The van der Waals surface area contributed by atoms with Crippen LogP contribution in [0.1, 0.15) is 39.0 Å². The Hall–Kier alpha value is -0.540. The molecule has 0 aliphatic carbocycles. The first-order chi connectivity index (χ1) is 7.74. The van der Waals surface area contributed by atoms with Gasteiger partial charge < -0.3 is 10.2 Å². The van der Waals surface area contributed by atoms with Crippen molar-refractivity contribution in [2.24, 2.45) is 0 Å². The van der Waals surface area contributed by atoms with Crippen LogP contribution in [0.15, 0.2) is 12.7 Å². The van der Waals surface area contributed by atoms with E-state index in [1.165, 1.54) is 6.42 Å². The molecule has 0 radical (unpaired) electrons. The van der Waals surface area contributed by atoms with Crippen LogP contribution in [0.3, 0.4) is 0 Å². The number of hydrogen-bond acceptors (Lipinski definition) is 2. The zero-order chi connectivity index (χ0) is 11.6. The number of likely N-dealkylation sites (tertiary alicyclic amines) is 1. The van der Waals surface area contributed by atoms with Crippen LogP contribution in [0.5, 0.6) is 0 Å². The number of nitrogens with zero attached hydrogens (tertiary/aromatic N) is 1. The highest BCUT2D eigenvalue weighted by atomic mass is 35.5. The van der Waals surface area contributed by atoms with Gasteiger partial charge in [-0.15, -0.1) is 19.0 Å². The van der Waals surface area contributed by atoms with Crippen molar-refractivity contribution in [1.82, 2.24) is 10.2 Å². The number of nitrogens with one attached hydrogen (secondary N) is 1. The lowest BCUT2D eigenvalue weighted by atomic mass is 9.79. The van der Waals surface area contributed by atoms with Crippen LogP contribution in [-0.2, 0) is 4.79 Å². The number of piperidine rings is 1. The van der Waals surface area contributed by atoms with E-state index in [1.807, 2.05) is 6.08 Å². The molecule has 2 atom stereocenters. The summed E-state index contributed by atoms with van der Waals surface area (Å²) in [4.78, 5) is 14.0. The van der Waals surface area contributed by atoms with E-state index in [0.29, 0.717) is 24.9 Å². The van der Waals surface area contributed by atoms with Gasteiger partial charge in [0.05, 0.1) is 5.54 Å². The molecule has 2 aliphatic heterocycles. The van der Waals surface area contributed by atoms with Crippen LogP contribution in [0.25, 0.3) is 0 Å². The van der Waals surface area contributed by atoms with Crippen molar-refractivity contribution in [2.75, 3.05) is 13.1 Å². The van der Waals surface area contributed by atoms with Crippen LogP contribution in [-0.4, -0.2) is 35.5 Å². The van der Waals surface area contributed by atoms with Gasteiger partial charge in [-0.2, -0.15) is 0 Å². The molecular weight excluding hydrogens is 236 g/mol. The standard InChI is InChI=1S/C13H22N2O.ClH/c1-3-10-15-12(16)6-8-13(15)7-5-9-14-11(13)4-2;/h3,11,14H,1,4-10H2,2H3;1H/t11-,13+;/m1./s1. The molecule has 2 heterocycles. The summed E-state index contributed by atoms with van der Waals surface area (Å²) in [7, 11) is 0. The zero-order valence-corrected chi connectivity index (χ0v) is 11.4. The van der Waals surface area contributed by atoms with E-state index in [2.05, 4.69) is 23.7 Å². The lowest BCUT2D eigenvalue weighted by molar-refractivity contribution is -0.132. The van der Waals surface area contributed by atoms with Crippen molar-refractivity contribution in [3.05, 3.63) is 12.7 Å². The van der Waals surface area contributed by atoms with E-state index < -0.39 is 0 Å². The fourth-order valence-electron chi connectivity index (χ4n) is 3.44. The highest BCUT2D eigenvalue weighted by Gasteiger charge is 2.50. The molecule has 98 valence electrons. The number of hydrogen-bond donors (Lipinski definition) is 1. The Morgan fingerprint density at radius 1 is 1.59 bits per heavy atom. The van der Waals surface area contributed by atoms with Crippen molar-refractivity contribution in [1.29, 1.82) is 0 Å². The maximum atomic E-state index is 11.9. The first-order valence-corrected chi connectivity index (χ1v) is 6.39. The van der Waals surface area contributed by atoms with Gasteiger partial charge in [0.25, 0.3) is 0 Å². The summed E-state index contributed by atoms with van der Waals surface area (Å²) in [5.41, 5.74) is 0.0816. The fourth-order valence-corrected chi connectivity index (χ4v) is 3.44. The van der Waals surface area contributed by atoms with Crippen LogP contribution in [0.4, 0.5) is 0 Å². The summed E-state index contributed by atoms with van der Waals surface area (Å²) in [6, 6.07) is 0.465. The van der Waals surface area contributed by atoms with Crippen LogP contribution in [0, 0.1) is 0 Å². The van der Waals surface area contributed by atoms with E-state index in [4.69, 9.17) is 0 Å². The van der Waals surface area contributed by atoms with Gasteiger partial charge >= 0.3 is 0 Å². The molecule has 4 heteroatoms. The zero-order valence-electron chi connectivity index (χ0n) is 10.6. The molecule has 0 bridgehead atoms. The maximum absolute atomic E-state index is 11.9. The van der Waals surface area contributed by atoms with Gasteiger partial charge in [0, 0.05) is 19.0 Å². The summed E-state index contributed by atoms with van der Waals surface area (Å²) in [6.45, 7) is 7.78. The normalized spacial score (nSPS) is 32.6. The Balaban J connectivity index is 0.00000144. The summed E-state index contributed by atoms with van der Waals surface area (Å²) >= 11 is 0. The van der Waals surface area contributed by atoms with Crippen molar-refractivity contribution in [2.45, 2.75) is 50.6 Å². The molecule has 2 aliphatic rings. The topological polar surface area (TPSA) is 32.3 Å². The van der Waals surface area contributed by atoms with E-state index in [-0.39, 0.29) is 17.9 Å². The molecular formula is C13H23ClN2O. The summed E-state index contributed by atoms with van der Waals surface area (Å²) in [5, 5.41) is 3.58. The van der Waals surface area contributed by atoms with Crippen molar-refractivity contribution >= 4 is 18.3 Å². The highest BCUT2D eigenvalue weighted by molar-refractivity contribution is 5.85. The van der Waals surface area contributed by atoms with E-state index >= 15 is 0 Å². The summed E-state index contributed by atoms with van der Waals surface area (Å²) < 4.78 is 0. The third-order valence-electron chi connectivity index (χ3n) is 4.16. The monoisotopic (exact) mass is 258 g/mol. The van der Waals surface area contributed by atoms with Gasteiger partial charge in [0.15, 0.2) is 0 Å². The molecule has 17 heavy (non-hydrogen) atoms. The minimum Gasteiger partial charge on any atom is -0.332 e. The van der Waals surface area contributed by atoms with Gasteiger partial charge in [0.2, 0.25) is 5.91 Å². The van der Waals surface area contributed by atoms with Crippen molar-refractivity contribution < 1.29 is 4.79 Å². The SMILES string of the molecule is C=CCN1C(=O)CC[C@]12CCCN[C@@H]2CC.Cl. The van der Waals surface area contributed by atoms with Crippen LogP contribution < -0.4 is 5.32 Å². The van der Waals surface area contributed by atoms with Gasteiger partial charge in [-0.3, -0.25) is 4.79 Å². The number of carbonyl (C=O) groups excluding carboxylic acids is 1. The maximum Gasteiger partial charge on any atom is 0.223 e.